The predicted molar refractivity (Wildman–Crippen MR) is 59.4 cm³/mol. The number of carbonyl (C=O) groups is 1. The summed E-state index contributed by atoms with van der Waals surface area (Å²) < 4.78 is 0. The number of carbonyl (C=O) groups excluding carboxylic acids is 1. The highest BCUT2D eigenvalue weighted by Gasteiger charge is 2.29. The molecule has 15 heavy (non-hydrogen) atoms. The highest BCUT2D eigenvalue weighted by molar-refractivity contribution is 5.79. The van der Waals surface area contributed by atoms with E-state index in [2.05, 4.69) is 5.32 Å². The lowest BCUT2D eigenvalue weighted by Gasteiger charge is -2.31. The number of aliphatic hydroxyl groups excluding tert-OH is 2. The number of rotatable bonds is 7. The van der Waals surface area contributed by atoms with Crippen LogP contribution in [0.15, 0.2) is 0 Å². The Kier molecular flexibility index (Phi) is 6.52. The first-order chi connectivity index (χ1) is 7.05. The average molecular weight is 217 g/mol. The number of amides is 1. The summed E-state index contributed by atoms with van der Waals surface area (Å²) in [6.07, 6.45) is 2.29. The van der Waals surface area contributed by atoms with Gasteiger partial charge in [0.2, 0.25) is 5.91 Å². The zero-order valence-corrected chi connectivity index (χ0v) is 9.92. The molecule has 0 heterocycles. The van der Waals surface area contributed by atoms with Crippen LogP contribution in [-0.4, -0.2) is 34.9 Å². The Bertz CT molecular complexity index is 182. The van der Waals surface area contributed by atoms with Gasteiger partial charge in [0.05, 0.1) is 18.8 Å². The van der Waals surface area contributed by atoms with Gasteiger partial charge in [0.1, 0.15) is 0 Å². The van der Waals surface area contributed by atoms with Crippen molar-refractivity contribution in [3.8, 4) is 0 Å². The predicted octanol–water partition coefficient (Wildman–Crippen LogP) is 0.672. The van der Waals surface area contributed by atoms with Crippen molar-refractivity contribution in [2.75, 3.05) is 13.2 Å². The van der Waals surface area contributed by atoms with E-state index in [9.17, 15) is 4.79 Å². The molecule has 0 saturated heterocycles. The van der Waals surface area contributed by atoms with E-state index in [0.717, 1.165) is 12.8 Å². The van der Waals surface area contributed by atoms with Crippen molar-refractivity contribution in [3.05, 3.63) is 0 Å². The largest absolute Gasteiger partial charge is 0.394 e. The summed E-state index contributed by atoms with van der Waals surface area (Å²) >= 11 is 0. The van der Waals surface area contributed by atoms with Crippen LogP contribution in [0.5, 0.6) is 0 Å². The third kappa shape index (κ3) is 4.18. The first kappa shape index (κ1) is 14.4. The molecule has 0 spiro atoms. The Hall–Kier alpha value is -0.610. The van der Waals surface area contributed by atoms with Crippen LogP contribution in [0, 0.1) is 5.92 Å². The Morgan fingerprint density at radius 3 is 2.20 bits per heavy atom. The molecule has 0 bridgehead atoms. The fraction of sp³-hybridized carbons (Fsp3) is 0.909. The lowest BCUT2D eigenvalue weighted by Crippen LogP contribution is -2.55. The SMILES string of the molecule is CCCC(C)C(=O)NC(CC)(CO)CO. The summed E-state index contributed by atoms with van der Waals surface area (Å²) in [4.78, 5) is 11.7. The van der Waals surface area contributed by atoms with E-state index in [1.165, 1.54) is 0 Å². The van der Waals surface area contributed by atoms with Crippen LogP contribution in [0.4, 0.5) is 0 Å². The molecule has 0 aromatic rings. The van der Waals surface area contributed by atoms with Gasteiger partial charge in [-0.1, -0.05) is 27.2 Å². The van der Waals surface area contributed by atoms with Crippen molar-refractivity contribution >= 4 is 5.91 Å². The second-order valence-corrected chi connectivity index (χ2v) is 4.13. The molecular formula is C11H23NO3. The van der Waals surface area contributed by atoms with Crippen molar-refractivity contribution in [1.82, 2.24) is 5.32 Å². The molecule has 0 fully saturated rings. The smallest absolute Gasteiger partial charge is 0.223 e. The first-order valence-electron chi connectivity index (χ1n) is 5.59. The van der Waals surface area contributed by atoms with Gasteiger partial charge in [-0.15, -0.1) is 0 Å². The number of nitrogens with one attached hydrogen (secondary N) is 1. The Balaban J connectivity index is 4.34. The number of aliphatic hydroxyl groups is 2. The van der Waals surface area contributed by atoms with Gasteiger partial charge < -0.3 is 15.5 Å². The summed E-state index contributed by atoms with van der Waals surface area (Å²) in [5.41, 5.74) is -0.862. The molecule has 0 rings (SSSR count). The lowest BCUT2D eigenvalue weighted by atomic mass is 9.96. The van der Waals surface area contributed by atoms with E-state index >= 15 is 0 Å². The van der Waals surface area contributed by atoms with Crippen molar-refractivity contribution in [3.63, 3.8) is 0 Å². The molecule has 1 unspecified atom stereocenters. The highest BCUT2D eigenvalue weighted by Crippen LogP contribution is 2.12. The van der Waals surface area contributed by atoms with E-state index in [1.807, 2.05) is 20.8 Å². The van der Waals surface area contributed by atoms with Crippen LogP contribution in [0.25, 0.3) is 0 Å². The van der Waals surface area contributed by atoms with Crippen LogP contribution in [0.3, 0.4) is 0 Å². The minimum atomic E-state index is -0.862. The maximum Gasteiger partial charge on any atom is 0.223 e. The zero-order valence-electron chi connectivity index (χ0n) is 9.92. The zero-order chi connectivity index (χ0) is 11.9. The fourth-order valence-electron chi connectivity index (χ4n) is 1.39. The fourth-order valence-corrected chi connectivity index (χ4v) is 1.39. The van der Waals surface area contributed by atoms with E-state index < -0.39 is 5.54 Å². The molecule has 0 aliphatic heterocycles. The second kappa shape index (κ2) is 6.80. The molecule has 1 amide bonds. The molecule has 0 aliphatic rings. The van der Waals surface area contributed by atoms with Crippen molar-refractivity contribution in [1.29, 1.82) is 0 Å². The Morgan fingerprint density at radius 2 is 1.87 bits per heavy atom. The molecule has 3 N–H and O–H groups in total. The van der Waals surface area contributed by atoms with E-state index in [4.69, 9.17) is 10.2 Å². The van der Waals surface area contributed by atoms with Crippen molar-refractivity contribution in [2.24, 2.45) is 5.92 Å². The average Bonchev–Trinajstić information content (AvgIpc) is 2.26. The van der Waals surface area contributed by atoms with Crippen molar-refractivity contribution < 1.29 is 15.0 Å². The maximum atomic E-state index is 11.7. The third-order valence-electron chi connectivity index (χ3n) is 2.84. The van der Waals surface area contributed by atoms with E-state index in [0.29, 0.717) is 6.42 Å². The molecular weight excluding hydrogens is 194 g/mol. The monoisotopic (exact) mass is 217 g/mol. The molecule has 0 aromatic heterocycles. The summed E-state index contributed by atoms with van der Waals surface area (Å²) in [6, 6.07) is 0. The highest BCUT2D eigenvalue weighted by atomic mass is 16.3. The summed E-state index contributed by atoms with van der Waals surface area (Å²) in [6.45, 7) is 5.25. The molecule has 0 aromatic carbocycles. The van der Waals surface area contributed by atoms with E-state index in [-0.39, 0.29) is 25.0 Å². The van der Waals surface area contributed by atoms with Gasteiger partial charge in [0.25, 0.3) is 0 Å². The van der Waals surface area contributed by atoms with Gasteiger partial charge >= 0.3 is 0 Å². The van der Waals surface area contributed by atoms with Gasteiger partial charge in [-0.25, -0.2) is 0 Å². The molecule has 1 atom stereocenters. The van der Waals surface area contributed by atoms with Crippen LogP contribution >= 0.6 is 0 Å². The number of hydrogen-bond donors (Lipinski definition) is 3. The third-order valence-corrected chi connectivity index (χ3v) is 2.84. The van der Waals surface area contributed by atoms with Gasteiger partial charge in [-0.2, -0.15) is 0 Å². The minimum absolute atomic E-state index is 0.0703. The van der Waals surface area contributed by atoms with Gasteiger partial charge in [0, 0.05) is 5.92 Å². The quantitative estimate of drug-likeness (QED) is 0.587. The van der Waals surface area contributed by atoms with Gasteiger partial charge in [0.15, 0.2) is 0 Å². The van der Waals surface area contributed by atoms with Crippen LogP contribution in [-0.2, 0) is 4.79 Å². The van der Waals surface area contributed by atoms with Crippen molar-refractivity contribution in [2.45, 2.75) is 45.6 Å². The van der Waals surface area contributed by atoms with Crippen LogP contribution in [0.1, 0.15) is 40.0 Å². The minimum Gasteiger partial charge on any atom is -0.394 e. The van der Waals surface area contributed by atoms with Crippen LogP contribution in [0.2, 0.25) is 0 Å². The van der Waals surface area contributed by atoms with Gasteiger partial charge in [-0.3, -0.25) is 4.79 Å². The topological polar surface area (TPSA) is 69.6 Å². The Labute approximate surface area is 91.7 Å². The molecule has 0 saturated carbocycles. The second-order valence-electron chi connectivity index (χ2n) is 4.13. The molecule has 0 radical (unpaired) electrons. The summed E-state index contributed by atoms with van der Waals surface area (Å²) in [7, 11) is 0. The maximum absolute atomic E-state index is 11.7. The molecule has 0 aliphatic carbocycles. The molecule has 4 nitrogen and oxygen atoms in total. The van der Waals surface area contributed by atoms with Crippen LogP contribution < -0.4 is 5.32 Å². The normalized spacial score (nSPS) is 13.7. The number of hydrogen-bond acceptors (Lipinski definition) is 3. The standard InChI is InChI=1S/C11H23NO3/c1-4-6-9(3)10(15)12-11(5-2,7-13)8-14/h9,13-14H,4-8H2,1-3H3,(H,12,15). The Morgan fingerprint density at radius 1 is 1.33 bits per heavy atom. The summed E-state index contributed by atoms with van der Waals surface area (Å²) in [5.74, 6) is -0.166. The summed E-state index contributed by atoms with van der Waals surface area (Å²) in [5, 5.41) is 21.0. The van der Waals surface area contributed by atoms with Gasteiger partial charge in [-0.05, 0) is 12.8 Å². The first-order valence-corrected chi connectivity index (χ1v) is 5.59. The molecule has 90 valence electrons. The molecule has 4 heteroatoms. The lowest BCUT2D eigenvalue weighted by molar-refractivity contribution is -0.128. The van der Waals surface area contributed by atoms with E-state index in [1.54, 1.807) is 0 Å².